The van der Waals surface area contributed by atoms with E-state index in [0.717, 1.165) is 5.69 Å². The number of hydrogen-bond donors (Lipinski definition) is 1. The lowest BCUT2D eigenvalue weighted by atomic mass is 10.2. The summed E-state index contributed by atoms with van der Waals surface area (Å²) in [4.78, 5) is 12.7. The van der Waals surface area contributed by atoms with Crippen LogP contribution in [0.2, 0.25) is 0 Å². The Morgan fingerprint density at radius 1 is 1.30 bits per heavy atom. The first-order valence-corrected chi connectivity index (χ1v) is 8.56. The summed E-state index contributed by atoms with van der Waals surface area (Å²) in [6, 6.07) is 7.52. The van der Waals surface area contributed by atoms with Gasteiger partial charge in [-0.25, -0.2) is 9.07 Å². The zero-order valence-corrected chi connectivity index (χ0v) is 15.6. The Hall–Kier alpha value is -3.16. The summed E-state index contributed by atoms with van der Waals surface area (Å²) >= 11 is 0. The predicted molar refractivity (Wildman–Crippen MR) is 97.3 cm³/mol. The highest BCUT2D eigenvalue weighted by atomic mass is 19.1. The van der Waals surface area contributed by atoms with Crippen molar-refractivity contribution in [3.05, 3.63) is 58.9 Å². The molecular formula is C19H21FN4O3. The van der Waals surface area contributed by atoms with Crippen LogP contribution in [0.4, 0.5) is 10.2 Å². The van der Waals surface area contributed by atoms with Gasteiger partial charge in [0.05, 0.1) is 11.3 Å². The number of nitrogens with one attached hydrogen (secondary N) is 1. The molecule has 0 radical (unpaired) electrons. The fourth-order valence-electron chi connectivity index (χ4n) is 2.61. The van der Waals surface area contributed by atoms with E-state index in [1.165, 1.54) is 24.3 Å². The number of carbonyl (C=O) groups excluding carboxylic acids is 1. The molecule has 2 heterocycles. The van der Waals surface area contributed by atoms with E-state index in [1.807, 2.05) is 20.8 Å². The van der Waals surface area contributed by atoms with Crippen molar-refractivity contribution in [3.8, 4) is 5.75 Å². The molecule has 3 aromatic rings. The zero-order valence-electron chi connectivity index (χ0n) is 15.6. The molecule has 0 unspecified atom stereocenters. The third kappa shape index (κ3) is 4.16. The highest BCUT2D eigenvalue weighted by Gasteiger charge is 2.22. The first kappa shape index (κ1) is 18.6. The monoisotopic (exact) mass is 372 g/mol. The first-order valence-electron chi connectivity index (χ1n) is 8.56. The number of rotatable bonds is 6. The van der Waals surface area contributed by atoms with Crippen molar-refractivity contribution < 1.29 is 18.4 Å². The largest absolute Gasteiger partial charge is 0.489 e. The van der Waals surface area contributed by atoms with Gasteiger partial charge in [-0.3, -0.25) is 4.79 Å². The number of anilines is 1. The van der Waals surface area contributed by atoms with E-state index in [9.17, 15) is 9.18 Å². The van der Waals surface area contributed by atoms with Crippen molar-refractivity contribution in [2.75, 3.05) is 5.32 Å². The third-order valence-corrected chi connectivity index (χ3v) is 3.99. The summed E-state index contributed by atoms with van der Waals surface area (Å²) in [5, 5.41) is 11.1. The van der Waals surface area contributed by atoms with Gasteiger partial charge in [-0.1, -0.05) is 5.16 Å². The molecule has 0 aliphatic carbocycles. The van der Waals surface area contributed by atoms with Crippen molar-refractivity contribution >= 4 is 11.7 Å². The fourth-order valence-corrected chi connectivity index (χ4v) is 2.61. The quantitative estimate of drug-likeness (QED) is 0.706. The number of aromatic nitrogens is 3. The van der Waals surface area contributed by atoms with Crippen LogP contribution in [0.5, 0.6) is 5.75 Å². The van der Waals surface area contributed by atoms with Gasteiger partial charge >= 0.3 is 0 Å². The van der Waals surface area contributed by atoms with Gasteiger partial charge < -0.3 is 14.6 Å². The van der Waals surface area contributed by atoms with E-state index in [2.05, 4.69) is 15.6 Å². The number of ether oxygens (including phenoxy) is 1. The molecule has 3 rings (SSSR count). The van der Waals surface area contributed by atoms with Crippen LogP contribution in [0, 0.1) is 19.7 Å². The number of amides is 1. The summed E-state index contributed by atoms with van der Waals surface area (Å²) in [7, 11) is 0. The van der Waals surface area contributed by atoms with Gasteiger partial charge in [0.2, 0.25) is 0 Å². The van der Waals surface area contributed by atoms with Crippen LogP contribution in [-0.4, -0.2) is 20.8 Å². The minimum atomic E-state index is -0.411. The maximum atomic E-state index is 13.0. The molecule has 0 bridgehead atoms. The number of halogens is 1. The summed E-state index contributed by atoms with van der Waals surface area (Å²) < 4.78 is 25.5. The highest BCUT2D eigenvalue weighted by molar-refractivity contribution is 6.03. The Morgan fingerprint density at radius 3 is 2.67 bits per heavy atom. The molecule has 2 aromatic heterocycles. The van der Waals surface area contributed by atoms with Crippen molar-refractivity contribution in [1.29, 1.82) is 0 Å². The van der Waals surface area contributed by atoms with E-state index in [0.29, 0.717) is 22.9 Å². The zero-order chi connectivity index (χ0) is 19.6. The van der Waals surface area contributed by atoms with Gasteiger partial charge in [-0.2, -0.15) is 5.10 Å². The molecule has 0 spiro atoms. The Bertz CT molecular complexity index is 945. The smallest absolute Gasteiger partial charge is 0.279 e. The Kier molecular flexibility index (Phi) is 5.25. The molecule has 0 saturated heterocycles. The molecule has 0 saturated carbocycles. The summed E-state index contributed by atoms with van der Waals surface area (Å²) in [5.74, 6) is 0.790. The minimum absolute atomic E-state index is 0.0756. The number of hydrogen-bond acceptors (Lipinski definition) is 5. The Morgan fingerprint density at radius 2 is 2.00 bits per heavy atom. The average molecular weight is 372 g/mol. The summed E-state index contributed by atoms with van der Waals surface area (Å²) in [5.41, 5.74) is 1.48. The van der Waals surface area contributed by atoms with Gasteiger partial charge in [0.25, 0.3) is 5.91 Å². The van der Waals surface area contributed by atoms with Crippen LogP contribution in [0.3, 0.4) is 0 Å². The second-order valence-corrected chi connectivity index (χ2v) is 6.47. The fraction of sp³-hybridized carbons (Fsp3) is 0.316. The van der Waals surface area contributed by atoms with E-state index in [4.69, 9.17) is 9.26 Å². The number of aryl methyl sites for hydroxylation is 2. The van der Waals surface area contributed by atoms with Crippen molar-refractivity contribution in [2.45, 2.75) is 40.3 Å². The Labute approximate surface area is 156 Å². The van der Waals surface area contributed by atoms with Crippen molar-refractivity contribution in [1.82, 2.24) is 14.9 Å². The normalized spacial score (nSPS) is 11.0. The SMILES string of the molecule is Cc1cc(NC(=O)c2noc(C)c2COc2ccc(F)cc2)n(C(C)C)n1. The third-order valence-electron chi connectivity index (χ3n) is 3.99. The van der Waals surface area contributed by atoms with Crippen LogP contribution in [0.15, 0.2) is 34.9 Å². The molecule has 0 fully saturated rings. The molecule has 1 amide bonds. The number of nitrogens with zero attached hydrogens (tertiary/aromatic N) is 3. The molecule has 7 nitrogen and oxygen atoms in total. The van der Waals surface area contributed by atoms with E-state index >= 15 is 0 Å². The molecule has 8 heteroatoms. The number of benzene rings is 1. The summed E-state index contributed by atoms with van der Waals surface area (Å²) in [6.45, 7) is 7.59. The van der Waals surface area contributed by atoms with E-state index in [1.54, 1.807) is 17.7 Å². The van der Waals surface area contributed by atoms with Crippen LogP contribution >= 0.6 is 0 Å². The molecule has 0 aliphatic heterocycles. The number of carbonyl (C=O) groups is 1. The average Bonchev–Trinajstić information content (AvgIpc) is 3.17. The second-order valence-electron chi connectivity index (χ2n) is 6.47. The lowest BCUT2D eigenvalue weighted by molar-refractivity contribution is 0.101. The van der Waals surface area contributed by atoms with E-state index < -0.39 is 5.91 Å². The molecule has 1 N–H and O–H groups in total. The van der Waals surface area contributed by atoms with E-state index in [-0.39, 0.29) is 24.2 Å². The maximum Gasteiger partial charge on any atom is 0.279 e. The van der Waals surface area contributed by atoms with Crippen LogP contribution in [-0.2, 0) is 6.61 Å². The van der Waals surface area contributed by atoms with Crippen molar-refractivity contribution in [3.63, 3.8) is 0 Å². The Balaban J connectivity index is 1.77. The second kappa shape index (κ2) is 7.61. The minimum Gasteiger partial charge on any atom is -0.489 e. The van der Waals surface area contributed by atoms with Crippen molar-refractivity contribution in [2.24, 2.45) is 0 Å². The predicted octanol–water partition coefficient (Wildman–Crippen LogP) is 4.04. The maximum absolute atomic E-state index is 13.0. The molecular weight excluding hydrogens is 351 g/mol. The van der Waals surface area contributed by atoms with Crippen LogP contribution in [0.1, 0.15) is 47.4 Å². The van der Waals surface area contributed by atoms with Gasteiger partial charge in [0.1, 0.15) is 29.8 Å². The molecule has 0 aliphatic rings. The van der Waals surface area contributed by atoms with Gasteiger partial charge in [0, 0.05) is 12.1 Å². The summed E-state index contributed by atoms with van der Waals surface area (Å²) in [6.07, 6.45) is 0. The van der Waals surface area contributed by atoms with Crippen LogP contribution < -0.4 is 10.1 Å². The molecule has 1 aromatic carbocycles. The molecule has 142 valence electrons. The molecule has 0 atom stereocenters. The molecule has 27 heavy (non-hydrogen) atoms. The highest BCUT2D eigenvalue weighted by Crippen LogP contribution is 2.21. The first-order chi connectivity index (χ1) is 12.8. The van der Waals surface area contributed by atoms with Gasteiger partial charge in [0.15, 0.2) is 5.69 Å². The lowest BCUT2D eigenvalue weighted by Crippen LogP contribution is -2.19. The van der Waals surface area contributed by atoms with Gasteiger partial charge in [-0.15, -0.1) is 0 Å². The standard InChI is InChI=1S/C19H21FN4O3/c1-11(2)24-17(9-12(3)22-24)21-19(25)18-16(13(4)27-23-18)10-26-15-7-5-14(20)6-8-15/h5-9,11H,10H2,1-4H3,(H,21,25). The topological polar surface area (TPSA) is 82.2 Å². The van der Waals surface area contributed by atoms with Crippen LogP contribution in [0.25, 0.3) is 0 Å². The lowest BCUT2D eigenvalue weighted by Gasteiger charge is -2.11. The van der Waals surface area contributed by atoms with Gasteiger partial charge in [-0.05, 0) is 52.0 Å².